The summed E-state index contributed by atoms with van der Waals surface area (Å²) in [5.74, 6) is 2.60. The summed E-state index contributed by atoms with van der Waals surface area (Å²) in [7, 11) is 0. The molecule has 4 heteroatoms. The molecule has 0 spiro atoms. The highest BCUT2D eigenvalue weighted by molar-refractivity contribution is 9.10. The number of aromatic nitrogens is 2. The van der Waals surface area contributed by atoms with Crippen molar-refractivity contribution in [3.63, 3.8) is 0 Å². The predicted molar refractivity (Wildman–Crippen MR) is 88.3 cm³/mol. The molecule has 0 radical (unpaired) electrons. The van der Waals surface area contributed by atoms with E-state index in [0.717, 1.165) is 41.2 Å². The second-order valence-electron chi connectivity index (χ2n) is 5.66. The van der Waals surface area contributed by atoms with E-state index in [-0.39, 0.29) is 0 Å². The van der Waals surface area contributed by atoms with Gasteiger partial charge in [0.05, 0.1) is 10.2 Å². The van der Waals surface area contributed by atoms with Crippen molar-refractivity contribution < 1.29 is 0 Å². The van der Waals surface area contributed by atoms with Crippen molar-refractivity contribution >= 4 is 21.7 Å². The first-order valence-corrected chi connectivity index (χ1v) is 8.85. The number of hydrogen-bond donors (Lipinski definition) is 1. The van der Waals surface area contributed by atoms with Crippen molar-refractivity contribution in [2.75, 3.05) is 11.9 Å². The number of rotatable bonds is 5. The summed E-state index contributed by atoms with van der Waals surface area (Å²) in [4.78, 5) is 9.64. The highest BCUT2D eigenvalue weighted by atomic mass is 79.9. The third-order valence-electron chi connectivity index (χ3n) is 4.03. The van der Waals surface area contributed by atoms with Gasteiger partial charge in [-0.05, 0) is 41.6 Å². The lowest BCUT2D eigenvalue weighted by Crippen LogP contribution is -2.11. The lowest BCUT2D eigenvalue weighted by Gasteiger charge is -2.17. The summed E-state index contributed by atoms with van der Waals surface area (Å²) < 4.78 is 1.05. The Labute approximate surface area is 131 Å². The van der Waals surface area contributed by atoms with Crippen LogP contribution in [0.2, 0.25) is 0 Å². The summed E-state index contributed by atoms with van der Waals surface area (Å²) in [6, 6.07) is 0. The molecule has 3 nitrogen and oxygen atoms in total. The van der Waals surface area contributed by atoms with E-state index < -0.39 is 0 Å². The molecule has 1 heterocycles. The van der Waals surface area contributed by atoms with Gasteiger partial charge in [0.1, 0.15) is 11.6 Å². The fourth-order valence-electron chi connectivity index (χ4n) is 2.83. The van der Waals surface area contributed by atoms with Gasteiger partial charge in [-0.15, -0.1) is 0 Å². The van der Waals surface area contributed by atoms with Gasteiger partial charge in [-0.1, -0.05) is 39.5 Å². The number of aryl methyl sites for hydroxylation is 1. The molecule has 112 valence electrons. The van der Waals surface area contributed by atoms with Crippen LogP contribution < -0.4 is 5.32 Å². The smallest absolute Gasteiger partial charge is 0.144 e. The molecular formula is C16H26BrN3. The zero-order valence-electron chi connectivity index (χ0n) is 12.7. The lowest BCUT2D eigenvalue weighted by molar-refractivity contribution is 0.557. The first-order valence-electron chi connectivity index (χ1n) is 8.06. The van der Waals surface area contributed by atoms with Crippen molar-refractivity contribution in [3.8, 4) is 0 Å². The number of nitrogens with zero attached hydrogens (tertiary/aromatic N) is 2. The number of halogens is 1. The molecule has 0 bridgehead atoms. The van der Waals surface area contributed by atoms with Crippen LogP contribution in [-0.2, 0) is 6.42 Å². The molecule has 1 aromatic rings. The van der Waals surface area contributed by atoms with Crippen molar-refractivity contribution in [1.29, 1.82) is 0 Å². The van der Waals surface area contributed by atoms with Gasteiger partial charge in [0.25, 0.3) is 0 Å². The van der Waals surface area contributed by atoms with Gasteiger partial charge in [0.15, 0.2) is 0 Å². The number of nitrogens with one attached hydrogen (secondary N) is 1. The molecule has 0 aliphatic heterocycles. The molecule has 0 saturated heterocycles. The third kappa shape index (κ3) is 3.94. The summed E-state index contributed by atoms with van der Waals surface area (Å²) in [5, 5.41) is 3.43. The van der Waals surface area contributed by atoms with E-state index in [0.29, 0.717) is 5.92 Å². The molecule has 1 aromatic heterocycles. The van der Waals surface area contributed by atoms with E-state index in [2.05, 4.69) is 35.1 Å². The van der Waals surface area contributed by atoms with Crippen LogP contribution in [0.25, 0.3) is 0 Å². The van der Waals surface area contributed by atoms with Crippen LogP contribution in [0.15, 0.2) is 4.47 Å². The zero-order chi connectivity index (χ0) is 14.4. The largest absolute Gasteiger partial charge is 0.369 e. The van der Waals surface area contributed by atoms with E-state index in [1.165, 1.54) is 38.5 Å². The van der Waals surface area contributed by atoms with Gasteiger partial charge in [-0.25, -0.2) is 9.97 Å². The molecule has 1 aliphatic carbocycles. The van der Waals surface area contributed by atoms with Crippen LogP contribution in [0.5, 0.6) is 0 Å². The molecule has 0 amide bonds. The molecule has 1 N–H and O–H groups in total. The van der Waals surface area contributed by atoms with Crippen LogP contribution in [0, 0.1) is 0 Å². The Hall–Kier alpha value is -0.640. The minimum atomic E-state index is 0.554. The van der Waals surface area contributed by atoms with E-state index in [1.807, 2.05) is 0 Å². The minimum absolute atomic E-state index is 0.554. The quantitative estimate of drug-likeness (QED) is 0.761. The average molecular weight is 340 g/mol. The summed E-state index contributed by atoms with van der Waals surface area (Å²) >= 11 is 3.66. The maximum atomic E-state index is 4.83. The van der Waals surface area contributed by atoms with Gasteiger partial charge < -0.3 is 5.32 Å². The average Bonchev–Trinajstić information content (AvgIpc) is 2.75. The Kier molecular flexibility index (Phi) is 6.27. The lowest BCUT2D eigenvalue weighted by atomic mass is 9.99. The summed E-state index contributed by atoms with van der Waals surface area (Å²) in [5.41, 5.74) is 1.14. The van der Waals surface area contributed by atoms with E-state index in [4.69, 9.17) is 9.97 Å². The molecule has 20 heavy (non-hydrogen) atoms. The maximum Gasteiger partial charge on any atom is 0.144 e. The number of hydrogen-bond acceptors (Lipinski definition) is 3. The van der Waals surface area contributed by atoms with Gasteiger partial charge >= 0.3 is 0 Å². The SMILES string of the molecule is CCCNc1nc(C2CCCCCC2)nc(CC)c1Br. The monoisotopic (exact) mass is 339 g/mol. The second-order valence-corrected chi connectivity index (χ2v) is 6.45. The van der Waals surface area contributed by atoms with Crippen LogP contribution in [0.4, 0.5) is 5.82 Å². The molecule has 1 aliphatic rings. The van der Waals surface area contributed by atoms with Crippen LogP contribution in [-0.4, -0.2) is 16.5 Å². The van der Waals surface area contributed by atoms with Crippen molar-refractivity contribution in [1.82, 2.24) is 9.97 Å². The first kappa shape index (κ1) is 15.7. The third-order valence-corrected chi connectivity index (χ3v) is 4.87. The van der Waals surface area contributed by atoms with E-state index in [1.54, 1.807) is 0 Å². The van der Waals surface area contributed by atoms with Crippen molar-refractivity contribution in [3.05, 3.63) is 16.0 Å². The molecule has 1 fully saturated rings. The molecule has 0 aromatic carbocycles. The molecule has 0 unspecified atom stereocenters. The molecule has 1 saturated carbocycles. The van der Waals surface area contributed by atoms with E-state index >= 15 is 0 Å². The van der Waals surface area contributed by atoms with E-state index in [9.17, 15) is 0 Å². The van der Waals surface area contributed by atoms with Crippen LogP contribution in [0.1, 0.15) is 76.2 Å². The standard InChI is InChI=1S/C16H26BrN3/c1-3-11-18-16-14(17)13(4-2)19-15(20-16)12-9-7-5-6-8-10-12/h12H,3-11H2,1-2H3,(H,18,19,20). The van der Waals surface area contributed by atoms with Crippen molar-refractivity contribution in [2.24, 2.45) is 0 Å². The van der Waals surface area contributed by atoms with Gasteiger partial charge in [-0.3, -0.25) is 0 Å². The Bertz CT molecular complexity index is 426. The van der Waals surface area contributed by atoms with Gasteiger partial charge in [0.2, 0.25) is 0 Å². The summed E-state index contributed by atoms with van der Waals surface area (Å²) in [6.07, 6.45) is 9.94. The minimum Gasteiger partial charge on any atom is -0.369 e. The maximum absolute atomic E-state index is 4.83. The van der Waals surface area contributed by atoms with Crippen molar-refractivity contribution in [2.45, 2.75) is 71.1 Å². The van der Waals surface area contributed by atoms with Gasteiger partial charge in [-0.2, -0.15) is 0 Å². The van der Waals surface area contributed by atoms with Crippen LogP contribution >= 0.6 is 15.9 Å². The normalized spacial score (nSPS) is 16.9. The first-order chi connectivity index (χ1) is 9.76. The Morgan fingerprint density at radius 3 is 2.40 bits per heavy atom. The zero-order valence-corrected chi connectivity index (χ0v) is 14.3. The second kappa shape index (κ2) is 7.96. The molecule has 2 rings (SSSR count). The topological polar surface area (TPSA) is 37.8 Å². The van der Waals surface area contributed by atoms with Gasteiger partial charge in [0, 0.05) is 12.5 Å². The molecular weight excluding hydrogens is 314 g/mol. The Morgan fingerprint density at radius 1 is 1.10 bits per heavy atom. The predicted octanol–water partition coefficient (Wildman–Crippen LogP) is 5.06. The highest BCUT2D eigenvalue weighted by Gasteiger charge is 2.20. The Morgan fingerprint density at radius 2 is 1.80 bits per heavy atom. The van der Waals surface area contributed by atoms with Crippen LogP contribution in [0.3, 0.4) is 0 Å². The summed E-state index contributed by atoms with van der Waals surface area (Å²) in [6.45, 7) is 5.30. The number of anilines is 1. The molecule has 0 atom stereocenters. The Balaban J connectivity index is 2.26. The fourth-order valence-corrected chi connectivity index (χ4v) is 3.43. The highest BCUT2D eigenvalue weighted by Crippen LogP contribution is 2.33. The fraction of sp³-hybridized carbons (Fsp3) is 0.750.